The maximum atomic E-state index is 11.8. The molecule has 0 aromatic heterocycles. The Balaban J connectivity index is 2.22. The van der Waals surface area contributed by atoms with Gasteiger partial charge in [-0.2, -0.15) is 0 Å². The van der Waals surface area contributed by atoms with Crippen molar-refractivity contribution < 1.29 is 9.53 Å². The molecule has 5 nitrogen and oxygen atoms in total. The van der Waals surface area contributed by atoms with E-state index in [0.29, 0.717) is 38.8 Å². The second-order valence-electron chi connectivity index (χ2n) is 4.14. The molecule has 0 bridgehead atoms. The van der Waals surface area contributed by atoms with Crippen molar-refractivity contribution in [1.29, 1.82) is 0 Å². The zero-order chi connectivity index (χ0) is 11.8. The third kappa shape index (κ3) is 4.37. The molecular formula is C11H23N3O2. The van der Waals surface area contributed by atoms with E-state index in [1.54, 1.807) is 4.90 Å². The summed E-state index contributed by atoms with van der Waals surface area (Å²) < 4.78 is 5.20. The first-order valence-corrected chi connectivity index (χ1v) is 6.08. The van der Waals surface area contributed by atoms with Crippen LogP contribution in [0.5, 0.6) is 0 Å². The van der Waals surface area contributed by atoms with Crippen LogP contribution in [-0.2, 0) is 4.74 Å². The number of urea groups is 1. The van der Waals surface area contributed by atoms with E-state index in [1.807, 2.05) is 0 Å². The highest BCUT2D eigenvalue weighted by molar-refractivity contribution is 5.74. The molecule has 1 unspecified atom stereocenters. The highest BCUT2D eigenvalue weighted by atomic mass is 16.5. The molecule has 1 aliphatic heterocycles. The van der Waals surface area contributed by atoms with Crippen molar-refractivity contribution >= 4 is 6.03 Å². The minimum absolute atomic E-state index is 0.0266. The van der Waals surface area contributed by atoms with E-state index < -0.39 is 0 Å². The van der Waals surface area contributed by atoms with Crippen molar-refractivity contribution in [2.75, 3.05) is 39.4 Å². The number of hydrogen-bond donors (Lipinski definition) is 2. The summed E-state index contributed by atoms with van der Waals surface area (Å²) in [5, 5.41) is 2.96. The molecule has 1 fully saturated rings. The van der Waals surface area contributed by atoms with Crippen molar-refractivity contribution in [3.05, 3.63) is 0 Å². The molecule has 0 aromatic carbocycles. The van der Waals surface area contributed by atoms with Gasteiger partial charge in [0.15, 0.2) is 0 Å². The summed E-state index contributed by atoms with van der Waals surface area (Å²) in [7, 11) is 0. The van der Waals surface area contributed by atoms with E-state index in [4.69, 9.17) is 10.5 Å². The molecule has 1 aliphatic rings. The highest BCUT2D eigenvalue weighted by Gasteiger charge is 2.17. The van der Waals surface area contributed by atoms with Gasteiger partial charge in [-0.15, -0.1) is 0 Å². The Morgan fingerprint density at radius 1 is 1.50 bits per heavy atom. The topological polar surface area (TPSA) is 67.6 Å². The summed E-state index contributed by atoms with van der Waals surface area (Å²) in [5.74, 6) is 0.495. The molecule has 0 spiro atoms. The van der Waals surface area contributed by atoms with Crippen LogP contribution in [0.1, 0.15) is 19.8 Å². The molecule has 0 radical (unpaired) electrons. The van der Waals surface area contributed by atoms with Crippen LogP contribution in [0, 0.1) is 5.92 Å². The summed E-state index contributed by atoms with van der Waals surface area (Å²) in [5.41, 5.74) is 5.51. The Hall–Kier alpha value is -0.810. The summed E-state index contributed by atoms with van der Waals surface area (Å²) in [6, 6.07) is 0.0266. The SMILES string of the molecule is CCC(CCN)CNC(=O)N1CCOCC1. The number of carbonyl (C=O) groups excluding carboxylic acids is 1. The quantitative estimate of drug-likeness (QED) is 0.717. The van der Waals surface area contributed by atoms with Crippen molar-refractivity contribution in [3.8, 4) is 0 Å². The lowest BCUT2D eigenvalue weighted by Crippen LogP contribution is -2.47. The maximum Gasteiger partial charge on any atom is 0.317 e. The van der Waals surface area contributed by atoms with Crippen molar-refractivity contribution in [2.45, 2.75) is 19.8 Å². The standard InChI is InChI=1S/C11H23N3O2/c1-2-10(3-4-12)9-13-11(15)14-5-7-16-8-6-14/h10H,2-9,12H2,1H3,(H,13,15). The summed E-state index contributed by atoms with van der Waals surface area (Å²) in [6.07, 6.45) is 2.03. The Morgan fingerprint density at radius 2 is 2.19 bits per heavy atom. The lowest BCUT2D eigenvalue weighted by atomic mass is 10.0. The van der Waals surface area contributed by atoms with Crippen LogP contribution in [0.2, 0.25) is 0 Å². The molecule has 1 atom stereocenters. The van der Waals surface area contributed by atoms with E-state index in [0.717, 1.165) is 19.4 Å². The number of nitrogens with one attached hydrogen (secondary N) is 1. The molecular weight excluding hydrogens is 206 g/mol. The number of rotatable bonds is 5. The number of ether oxygens (including phenoxy) is 1. The van der Waals surface area contributed by atoms with Crippen LogP contribution in [-0.4, -0.2) is 50.3 Å². The van der Waals surface area contributed by atoms with Gasteiger partial charge in [-0.3, -0.25) is 0 Å². The third-order valence-electron chi connectivity index (χ3n) is 2.99. The third-order valence-corrected chi connectivity index (χ3v) is 2.99. The maximum absolute atomic E-state index is 11.8. The lowest BCUT2D eigenvalue weighted by Gasteiger charge is -2.27. The Bertz CT molecular complexity index is 205. The number of hydrogen-bond acceptors (Lipinski definition) is 3. The summed E-state index contributed by atoms with van der Waals surface area (Å²) in [6.45, 7) is 6.22. The van der Waals surface area contributed by atoms with Gasteiger partial charge in [0.25, 0.3) is 0 Å². The van der Waals surface area contributed by atoms with E-state index in [-0.39, 0.29) is 6.03 Å². The van der Waals surface area contributed by atoms with E-state index in [9.17, 15) is 4.79 Å². The molecule has 5 heteroatoms. The molecule has 0 aliphatic carbocycles. The molecule has 16 heavy (non-hydrogen) atoms. The van der Waals surface area contributed by atoms with Gasteiger partial charge in [-0.1, -0.05) is 13.3 Å². The van der Waals surface area contributed by atoms with Crippen LogP contribution >= 0.6 is 0 Å². The van der Waals surface area contributed by atoms with E-state index in [1.165, 1.54) is 0 Å². The van der Waals surface area contributed by atoms with Gasteiger partial charge in [-0.25, -0.2) is 4.79 Å². The predicted octanol–water partition coefficient (Wildman–Crippen LogP) is 0.403. The fraction of sp³-hybridized carbons (Fsp3) is 0.909. The number of nitrogens with zero attached hydrogens (tertiary/aromatic N) is 1. The number of carbonyl (C=O) groups is 1. The molecule has 1 heterocycles. The average Bonchev–Trinajstić information content (AvgIpc) is 2.35. The van der Waals surface area contributed by atoms with Crippen LogP contribution < -0.4 is 11.1 Å². The van der Waals surface area contributed by atoms with Crippen LogP contribution in [0.3, 0.4) is 0 Å². The largest absolute Gasteiger partial charge is 0.378 e. The number of nitrogens with two attached hydrogens (primary N) is 1. The Morgan fingerprint density at radius 3 is 2.75 bits per heavy atom. The highest BCUT2D eigenvalue weighted by Crippen LogP contribution is 2.05. The van der Waals surface area contributed by atoms with E-state index >= 15 is 0 Å². The zero-order valence-electron chi connectivity index (χ0n) is 10.1. The second kappa shape index (κ2) is 7.46. The summed E-state index contributed by atoms with van der Waals surface area (Å²) >= 11 is 0. The normalized spacial score (nSPS) is 18.2. The van der Waals surface area contributed by atoms with Gasteiger partial charge >= 0.3 is 6.03 Å². The fourth-order valence-electron chi connectivity index (χ4n) is 1.80. The molecule has 1 rings (SSSR count). The smallest absolute Gasteiger partial charge is 0.317 e. The minimum Gasteiger partial charge on any atom is -0.378 e. The van der Waals surface area contributed by atoms with Crippen LogP contribution in [0.15, 0.2) is 0 Å². The summed E-state index contributed by atoms with van der Waals surface area (Å²) in [4.78, 5) is 13.6. The van der Waals surface area contributed by atoms with E-state index in [2.05, 4.69) is 12.2 Å². The van der Waals surface area contributed by atoms with Crippen LogP contribution in [0.25, 0.3) is 0 Å². The van der Waals surface area contributed by atoms with Gasteiger partial charge in [0.05, 0.1) is 13.2 Å². The molecule has 94 valence electrons. The number of amides is 2. The first kappa shape index (κ1) is 13.3. The number of morpholine rings is 1. The van der Waals surface area contributed by atoms with Gasteiger partial charge < -0.3 is 20.7 Å². The van der Waals surface area contributed by atoms with Crippen molar-refractivity contribution in [3.63, 3.8) is 0 Å². The van der Waals surface area contributed by atoms with Gasteiger partial charge in [0, 0.05) is 19.6 Å². The average molecular weight is 229 g/mol. The van der Waals surface area contributed by atoms with Crippen LogP contribution in [0.4, 0.5) is 4.79 Å². The predicted molar refractivity (Wildman–Crippen MR) is 63.2 cm³/mol. The minimum atomic E-state index is 0.0266. The molecule has 1 saturated heterocycles. The molecule has 0 aromatic rings. The monoisotopic (exact) mass is 229 g/mol. The Kier molecular flexibility index (Phi) is 6.18. The first-order valence-electron chi connectivity index (χ1n) is 6.08. The van der Waals surface area contributed by atoms with Gasteiger partial charge in [0.2, 0.25) is 0 Å². The van der Waals surface area contributed by atoms with Crippen molar-refractivity contribution in [2.24, 2.45) is 11.7 Å². The van der Waals surface area contributed by atoms with Gasteiger partial charge in [-0.05, 0) is 18.9 Å². The van der Waals surface area contributed by atoms with Gasteiger partial charge in [0.1, 0.15) is 0 Å². The molecule has 2 amide bonds. The lowest BCUT2D eigenvalue weighted by molar-refractivity contribution is 0.0529. The first-order chi connectivity index (χ1) is 7.77. The molecule has 0 saturated carbocycles. The molecule has 3 N–H and O–H groups in total. The second-order valence-corrected chi connectivity index (χ2v) is 4.14. The van der Waals surface area contributed by atoms with Crippen molar-refractivity contribution in [1.82, 2.24) is 10.2 Å². The Labute approximate surface area is 97.3 Å². The fourth-order valence-corrected chi connectivity index (χ4v) is 1.80. The zero-order valence-corrected chi connectivity index (χ0v) is 10.1.